The van der Waals surface area contributed by atoms with Gasteiger partial charge in [0.2, 0.25) is 11.8 Å². The first kappa shape index (κ1) is 12.9. The summed E-state index contributed by atoms with van der Waals surface area (Å²) in [5.74, 6) is -1.28. The molecule has 0 radical (unpaired) electrons. The maximum Gasteiger partial charge on any atom is 0.238 e. The van der Waals surface area contributed by atoms with Crippen molar-refractivity contribution in [1.82, 2.24) is 0 Å². The number of halogens is 2. The first-order valence-electron chi connectivity index (χ1n) is 5.22. The summed E-state index contributed by atoms with van der Waals surface area (Å²) in [6.45, 7) is 0. The second-order valence-electron chi connectivity index (χ2n) is 3.96. The zero-order valence-electron chi connectivity index (χ0n) is 9.19. The first-order chi connectivity index (χ1) is 8.52. The minimum atomic E-state index is -0.569. The minimum Gasteiger partial charge on any atom is -0.274 e. The lowest BCUT2D eigenvalue weighted by Crippen LogP contribution is -2.30. The summed E-state index contributed by atoms with van der Waals surface area (Å²) in [5.41, 5.74) is 0.350. The third-order valence-electron chi connectivity index (χ3n) is 2.68. The van der Waals surface area contributed by atoms with Crippen molar-refractivity contribution in [1.29, 1.82) is 5.26 Å². The van der Waals surface area contributed by atoms with E-state index in [0.29, 0.717) is 15.7 Å². The Balaban J connectivity index is 2.36. The molecule has 0 spiro atoms. The van der Waals surface area contributed by atoms with E-state index in [9.17, 15) is 9.59 Å². The lowest BCUT2D eigenvalue weighted by atomic mass is 10.1. The number of amides is 2. The number of rotatable bonds is 2. The summed E-state index contributed by atoms with van der Waals surface area (Å²) in [5, 5.41) is 9.30. The number of carbonyl (C=O) groups is 2. The lowest BCUT2D eigenvalue weighted by Gasteiger charge is -2.15. The van der Waals surface area contributed by atoms with Gasteiger partial charge in [0.05, 0.1) is 17.7 Å². The molecule has 1 aliphatic rings. The van der Waals surface area contributed by atoms with Gasteiger partial charge in [-0.15, -0.1) is 0 Å². The zero-order chi connectivity index (χ0) is 13.3. The van der Waals surface area contributed by atoms with Crippen molar-refractivity contribution in [2.24, 2.45) is 5.92 Å². The summed E-state index contributed by atoms with van der Waals surface area (Å²) >= 11 is 11.7. The molecule has 0 aliphatic carbocycles. The predicted molar refractivity (Wildman–Crippen MR) is 67.3 cm³/mol. The van der Waals surface area contributed by atoms with Crippen LogP contribution in [-0.2, 0) is 9.59 Å². The third kappa shape index (κ3) is 2.33. The summed E-state index contributed by atoms with van der Waals surface area (Å²) in [6.07, 6.45) is 0.0892. The normalized spacial score (nSPS) is 19.2. The topological polar surface area (TPSA) is 61.2 Å². The summed E-state index contributed by atoms with van der Waals surface area (Å²) < 4.78 is 0. The molecular weight excluding hydrogens is 275 g/mol. The van der Waals surface area contributed by atoms with Crippen LogP contribution in [0.4, 0.5) is 5.69 Å². The molecule has 0 aromatic heterocycles. The highest BCUT2D eigenvalue weighted by molar-refractivity contribution is 6.35. The molecule has 18 heavy (non-hydrogen) atoms. The van der Waals surface area contributed by atoms with Crippen molar-refractivity contribution in [3.63, 3.8) is 0 Å². The molecule has 4 nitrogen and oxygen atoms in total. The molecule has 0 bridgehead atoms. The van der Waals surface area contributed by atoms with Crippen molar-refractivity contribution in [3.05, 3.63) is 28.2 Å². The van der Waals surface area contributed by atoms with Crippen LogP contribution in [0.1, 0.15) is 12.8 Å². The highest BCUT2D eigenvalue weighted by Gasteiger charge is 2.39. The molecule has 1 heterocycles. The highest BCUT2D eigenvalue weighted by atomic mass is 35.5. The van der Waals surface area contributed by atoms with Crippen LogP contribution in [0.25, 0.3) is 0 Å². The van der Waals surface area contributed by atoms with Crippen molar-refractivity contribution in [2.45, 2.75) is 12.8 Å². The average Bonchev–Trinajstić information content (AvgIpc) is 2.53. The van der Waals surface area contributed by atoms with E-state index in [4.69, 9.17) is 28.5 Å². The highest BCUT2D eigenvalue weighted by Crippen LogP contribution is 2.31. The van der Waals surface area contributed by atoms with E-state index in [1.54, 1.807) is 0 Å². The Bertz CT molecular complexity index is 545. The minimum absolute atomic E-state index is 0.0371. The van der Waals surface area contributed by atoms with Gasteiger partial charge in [0.25, 0.3) is 0 Å². The van der Waals surface area contributed by atoms with Gasteiger partial charge in [0.1, 0.15) is 0 Å². The summed E-state index contributed by atoms with van der Waals surface area (Å²) in [4.78, 5) is 24.8. The van der Waals surface area contributed by atoms with Crippen LogP contribution in [0.2, 0.25) is 10.0 Å². The first-order valence-corrected chi connectivity index (χ1v) is 5.98. The summed E-state index contributed by atoms with van der Waals surface area (Å²) in [6, 6.07) is 6.42. The van der Waals surface area contributed by atoms with Gasteiger partial charge >= 0.3 is 0 Å². The van der Waals surface area contributed by atoms with Gasteiger partial charge in [-0.2, -0.15) is 5.26 Å². The molecule has 1 aliphatic heterocycles. The van der Waals surface area contributed by atoms with Crippen LogP contribution < -0.4 is 4.90 Å². The molecule has 1 unspecified atom stereocenters. The van der Waals surface area contributed by atoms with E-state index in [-0.39, 0.29) is 24.7 Å². The maximum atomic E-state index is 12.0. The monoisotopic (exact) mass is 282 g/mol. The van der Waals surface area contributed by atoms with Gasteiger partial charge in [-0.3, -0.25) is 14.5 Å². The molecule has 2 rings (SSSR count). The summed E-state index contributed by atoms with van der Waals surface area (Å²) in [7, 11) is 0. The van der Waals surface area contributed by atoms with E-state index < -0.39 is 5.92 Å². The number of imide groups is 1. The zero-order valence-corrected chi connectivity index (χ0v) is 10.7. The molecule has 1 aromatic rings. The lowest BCUT2D eigenvalue weighted by molar-refractivity contribution is -0.122. The maximum absolute atomic E-state index is 12.0. The van der Waals surface area contributed by atoms with E-state index in [0.717, 1.165) is 4.90 Å². The Morgan fingerprint density at radius 2 is 1.89 bits per heavy atom. The quantitative estimate of drug-likeness (QED) is 0.784. The van der Waals surface area contributed by atoms with Crippen molar-refractivity contribution >= 4 is 40.7 Å². The molecular formula is C12H8Cl2N2O2. The third-order valence-corrected chi connectivity index (χ3v) is 3.12. The standard InChI is InChI=1S/C12H8Cl2N2O2/c13-8-4-9(14)6-10(5-8)16-11(17)3-7(1-2-15)12(16)18/h4-7H,1,3H2. The molecule has 92 valence electrons. The van der Waals surface area contributed by atoms with Gasteiger partial charge < -0.3 is 0 Å². The number of anilines is 1. The number of hydrogen-bond acceptors (Lipinski definition) is 3. The van der Waals surface area contributed by atoms with Crippen LogP contribution >= 0.6 is 23.2 Å². The smallest absolute Gasteiger partial charge is 0.238 e. The fourth-order valence-electron chi connectivity index (χ4n) is 1.90. The molecule has 2 amide bonds. The molecule has 6 heteroatoms. The van der Waals surface area contributed by atoms with Gasteiger partial charge in [0.15, 0.2) is 0 Å². The predicted octanol–water partition coefficient (Wildman–Crippen LogP) is 2.79. The second kappa shape index (κ2) is 4.97. The van der Waals surface area contributed by atoms with Crippen LogP contribution in [0.15, 0.2) is 18.2 Å². The largest absolute Gasteiger partial charge is 0.274 e. The number of benzene rings is 1. The Kier molecular flexibility index (Phi) is 3.55. The van der Waals surface area contributed by atoms with Crippen LogP contribution in [-0.4, -0.2) is 11.8 Å². The SMILES string of the molecule is N#CCC1CC(=O)N(c2cc(Cl)cc(Cl)c2)C1=O. The Labute approximate surface area is 114 Å². The Hall–Kier alpha value is -1.57. The van der Waals surface area contributed by atoms with Crippen molar-refractivity contribution in [3.8, 4) is 6.07 Å². The Morgan fingerprint density at radius 3 is 2.44 bits per heavy atom. The van der Waals surface area contributed by atoms with Gasteiger partial charge in [-0.25, -0.2) is 0 Å². The number of nitrogens with zero attached hydrogens (tertiary/aromatic N) is 2. The fraction of sp³-hybridized carbons (Fsp3) is 0.250. The van der Waals surface area contributed by atoms with Gasteiger partial charge in [0, 0.05) is 22.9 Å². The van der Waals surface area contributed by atoms with Crippen LogP contribution in [0.3, 0.4) is 0 Å². The van der Waals surface area contributed by atoms with Crippen molar-refractivity contribution < 1.29 is 9.59 Å². The molecule has 1 fully saturated rings. The van der Waals surface area contributed by atoms with E-state index in [2.05, 4.69) is 0 Å². The van der Waals surface area contributed by atoms with Crippen LogP contribution in [0.5, 0.6) is 0 Å². The number of hydrogen-bond donors (Lipinski definition) is 0. The second-order valence-corrected chi connectivity index (χ2v) is 4.83. The Morgan fingerprint density at radius 1 is 1.28 bits per heavy atom. The van der Waals surface area contributed by atoms with Crippen molar-refractivity contribution in [2.75, 3.05) is 4.90 Å². The molecule has 1 saturated heterocycles. The van der Waals surface area contributed by atoms with Gasteiger partial charge in [-0.1, -0.05) is 23.2 Å². The van der Waals surface area contributed by atoms with Gasteiger partial charge in [-0.05, 0) is 18.2 Å². The molecule has 0 N–H and O–H groups in total. The fourth-order valence-corrected chi connectivity index (χ4v) is 2.42. The van der Waals surface area contributed by atoms with Crippen LogP contribution in [0, 0.1) is 17.2 Å². The molecule has 0 saturated carbocycles. The number of nitriles is 1. The molecule has 1 aromatic carbocycles. The number of carbonyl (C=O) groups excluding carboxylic acids is 2. The van der Waals surface area contributed by atoms with E-state index in [1.165, 1.54) is 18.2 Å². The van der Waals surface area contributed by atoms with E-state index >= 15 is 0 Å². The van der Waals surface area contributed by atoms with E-state index in [1.807, 2.05) is 6.07 Å². The average molecular weight is 283 g/mol. The molecule has 1 atom stereocenters.